The van der Waals surface area contributed by atoms with Gasteiger partial charge in [-0.2, -0.15) is 0 Å². The summed E-state index contributed by atoms with van der Waals surface area (Å²) in [4.78, 5) is 10.2. The second-order valence-electron chi connectivity index (χ2n) is 3.29. The van der Waals surface area contributed by atoms with E-state index in [2.05, 4.69) is 5.32 Å². The molecular formula is C10H13NO5. The van der Waals surface area contributed by atoms with Crippen LogP contribution in [0.4, 0.5) is 0 Å². The van der Waals surface area contributed by atoms with E-state index in [4.69, 9.17) is 10.2 Å². The maximum atomic E-state index is 10.2. The van der Waals surface area contributed by atoms with E-state index < -0.39 is 12.1 Å². The number of phenols is 2. The van der Waals surface area contributed by atoms with Gasteiger partial charge in [-0.3, -0.25) is 4.79 Å². The molecule has 0 aliphatic heterocycles. The zero-order valence-electron chi connectivity index (χ0n) is 8.42. The van der Waals surface area contributed by atoms with Crippen LogP contribution in [-0.4, -0.2) is 39.5 Å². The molecule has 88 valence electrons. The summed E-state index contributed by atoms with van der Waals surface area (Å²) in [6.07, 6.45) is -0.939. The number of aliphatic hydroxyl groups excluding tert-OH is 1. The van der Waals surface area contributed by atoms with Gasteiger partial charge in [0.15, 0.2) is 11.5 Å². The van der Waals surface area contributed by atoms with Crippen LogP contribution in [0.5, 0.6) is 11.5 Å². The summed E-state index contributed by atoms with van der Waals surface area (Å²) in [5, 5.41) is 38.7. The van der Waals surface area contributed by atoms with Crippen LogP contribution < -0.4 is 5.32 Å². The Hall–Kier alpha value is -1.79. The summed E-state index contributed by atoms with van der Waals surface area (Å²) in [5.41, 5.74) is 0.396. The van der Waals surface area contributed by atoms with Crippen LogP contribution in [0.2, 0.25) is 0 Å². The highest BCUT2D eigenvalue weighted by molar-refractivity contribution is 5.68. The summed E-state index contributed by atoms with van der Waals surface area (Å²) >= 11 is 0. The standard InChI is InChI=1S/C10H13NO5/c12-7-2-1-6(3-8(7)13)9(14)4-11-5-10(15)16/h1-3,9,11-14H,4-5H2,(H,15,16). The molecule has 0 fully saturated rings. The molecule has 0 aliphatic rings. The SMILES string of the molecule is O=C(O)CNCC(O)c1ccc(O)c(O)c1. The molecule has 16 heavy (non-hydrogen) atoms. The monoisotopic (exact) mass is 227 g/mol. The molecule has 1 atom stereocenters. The highest BCUT2D eigenvalue weighted by Gasteiger charge is 2.10. The Labute approximate surface area is 91.8 Å². The smallest absolute Gasteiger partial charge is 0.317 e. The van der Waals surface area contributed by atoms with Crippen molar-refractivity contribution in [1.82, 2.24) is 5.32 Å². The molecule has 0 radical (unpaired) electrons. The predicted molar refractivity (Wildman–Crippen MR) is 55.2 cm³/mol. The third kappa shape index (κ3) is 3.41. The first-order valence-electron chi connectivity index (χ1n) is 4.63. The van der Waals surface area contributed by atoms with Crippen LogP contribution in [0.15, 0.2) is 18.2 Å². The average Bonchev–Trinajstić information content (AvgIpc) is 2.21. The molecule has 0 aliphatic carbocycles. The molecule has 1 aromatic rings. The normalized spacial score (nSPS) is 12.3. The number of nitrogens with one attached hydrogen (secondary N) is 1. The number of carboxylic acids is 1. The maximum Gasteiger partial charge on any atom is 0.317 e. The minimum absolute atomic E-state index is 0.0521. The number of aliphatic carboxylic acids is 1. The van der Waals surface area contributed by atoms with Crippen molar-refractivity contribution in [2.24, 2.45) is 0 Å². The number of carbonyl (C=O) groups is 1. The highest BCUT2D eigenvalue weighted by Crippen LogP contribution is 2.27. The second kappa shape index (κ2) is 5.34. The summed E-state index contributed by atoms with van der Waals surface area (Å²) in [6.45, 7) is -0.197. The van der Waals surface area contributed by atoms with E-state index >= 15 is 0 Å². The first-order valence-corrected chi connectivity index (χ1v) is 4.63. The van der Waals surface area contributed by atoms with E-state index in [9.17, 15) is 15.0 Å². The van der Waals surface area contributed by atoms with Gasteiger partial charge in [0.2, 0.25) is 0 Å². The van der Waals surface area contributed by atoms with Gasteiger partial charge in [-0.15, -0.1) is 0 Å². The molecule has 0 bridgehead atoms. The lowest BCUT2D eigenvalue weighted by Gasteiger charge is -2.11. The van der Waals surface area contributed by atoms with Crippen molar-refractivity contribution in [3.8, 4) is 11.5 Å². The number of hydrogen-bond acceptors (Lipinski definition) is 5. The Balaban J connectivity index is 2.55. The van der Waals surface area contributed by atoms with Gasteiger partial charge in [-0.1, -0.05) is 6.07 Å². The number of benzene rings is 1. The fraction of sp³-hybridized carbons (Fsp3) is 0.300. The van der Waals surface area contributed by atoms with E-state index in [1.807, 2.05) is 0 Å². The Bertz CT molecular complexity index is 379. The lowest BCUT2D eigenvalue weighted by Crippen LogP contribution is -2.27. The van der Waals surface area contributed by atoms with Crippen molar-refractivity contribution in [3.05, 3.63) is 23.8 Å². The first kappa shape index (κ1) is 12.3. The summed E-state index contributed by atoms with van der Waals surface area (Å²) < 4.78 is 0. The van der Waals surface area contributed by atoms with Crippen LogP contribution >= 0.6 is 0 Å². The number of carboxylic acid groups (broad SMARTS) is 1. The van der Waals surface area contributed by atoms with Gasteiger partial charge in [0.1, 0.15) is 0 Å². The van der Waals surface area contributed by atoms with Crippen LogP contribution in [0, 0.1) is 0 Å². The van der Waals surface area contributed by atoms with Gasteiger partial charge in [-0.05, 0) is 17.7 Å². The Morgan fingerprint density at radius 3 is 2.56 bits per heavy atom. The number of rotatable bonds is 5. The molecule has 6 nitrogen and oxygen atoms in total. The number of aromatic hydroxyl groups is 2. The third-order valence-corrected chi connectivity index (χ3v) is 2.00. The molecule has 0 heterocycles. The van der Waals surface area contributed by atoms with Crippen LogP contribution in [-0.2, 0) is 4.79 Å². The second-order valence-corrected chi connectivity index (χ2v) is 3.29. The van der Waals surface area contributed by atoms with Gasteiger partial charge >= 0.3 is 5.97 Å². The zero-order valence-corrected chi connectivity index (χ0v) is 8.42. The van der Waals surface area contributed by atoms with E-state index in [0.717, 1.165) is 0 Å². The van der Waals surface area contributed by atoms with Crippen molar-refractivity contribution in [2.45, 2.75) is 6.10 Å². The molecule has 5 N–H and O–H groups in total. The molecular weight excluding hydrogens is 214 g/mol. The van der Waals surface area contributed by atoms with Gasteiger partial charge in [-0.25, -0.2) is 0 Å². The van der Waals surface area contributed by atoms with Gasteiger partial charge in [0.25, 0.3) is 0 Å². The molecule has 0 aromatic heterocycles. The van der Waals surface area contributed by atoms with E-state index in [1.54, 1.807) is 0 Å². The third-order valence-electron chi connectivity index (χ3n) is 2.00. The Morgan fingerprint density at radius 1 is 1.31 bits per heavy atom. The number of phenolic OH excluding ortho intramolecular Hbond substituents is 2. The van der Waals surface area contributed by atoms with Gasteiger partial charge in [0.05, 0.1) is 12.6 Å². The summed E-state index contributed by atoms with van der Waals surface area (Å²) in [6, 6.07) is 3.93. The quantitative estimate of drug-likeness (QED) is 0.446. The van der Waals surface area contributed by atoms with Gasteiger partial charge in [0, 0.05) is 6.54 Å². The van der Waals surface area contributed by atoms with Crippen molar-refractivity contribution in [2.75, 3.05) is 13.1 Å². The predicted octanol–water partition coefficient (Wildman–Crippen LogP) is -0.195. The number of aliphatic hydroxyl groups is 1. The van der Waals surface area contributed by atoms with E-state index in [-0.39, 0.29) is 24.6 Å². The molecule has 1 aromatic carbocycles. The molecule has 0 saturated carbocycles. The van der Waals surface area contributed by atoms with Crippen LogP contribution in [0.3, 0.4) is 0 Å². The molecule has 6 heteroatoms. The zero-order chi connectivity index (χ0) is 12.1. The van der Waals surface area contributed by atoms with Gasteiger partial charge < -0.3 is 25.7 Å². The number of hydrogen-bond donors (Lipinski definition) is 5. The van der Waals surface area contributed by atoms with Crippen LogP contribution in [0.1, 0.15) is 11.7 Å². The van der Waals surface area contributed by atoms with Crippen molar-refractivity contribution >= 4 is 5.97 Å². The minimum atomic E-state index is -1.01. The minimum Gasteiger partial charge on any atom is -0.504 e. The topological polar surface area (TPSA) is 110 Å². The molecule has 0 spiro atoms. The fourth-order valence-corrected chi connectivity index (χ4v) is 1.18. The fourth-order valence-electron chi connectivity index (χ4n) is 1.18. The lowest BCUT2D eigenvalue weighted by atomic mass is 10.1. The van der Waals surface area contributed by atoms with E-state index in [0.29, 0.717) is 5.56 Å². The largest absolute Gasteiger partial charge is 0.504 e. The molecule has 1 rings (SSSR count). The van der Waals surface area contributed by atoms with E-state index in [1.165, 1.54) is 18.2 Å². The summed E-state index contributed by atoms with van der Waals surface area (Å²) in [7, 11) is 0. The highest BCUT2D eigenvalue weighted by atomic mass is 16.4. The lowest BCUT2D eigenvalue weighted by molar-refractivity contribution is -0.136. The molecule has 1 unspecified atom stereocenters. The average molecular weight is 227 g/mol. The van der Waals surface area contributed by atoms with Crippen molar-refractivity contribution < 1.29 is 25.2 Å². The first-order chi connectivity index (χ1) is 7.50. The van der Waals surface area contributed by atoms with Crippen molar-refractivity contribution in [3.63, 3.8) is 0 Å². The molecule has 0 amide bonds. The Morgan fingerprint density at radius 2 is 2.00 bits per heavy atom. The Kier molecular flexibility index (Phi) is 4.10. The van der Waals surface area contributed by atoms with Crippen molar-refractivity contribution in [1.29, 1.82) is 0 Å². The summed E-state index contributed by atoms with van der Waals surface area (Å²) in [5.74, 6) is -1.61. The van der Waals surface area contributed by atoms with Crippen LogP contribution in [0.25, 0.3) is 0 Å². The molecule has 0 saturated heterocycles. The maximum absolute atomic E-state index is 10.2.